The fourth-order valence-corrected chi connectivity index (χ4v) is 3.36. The molecule has 1 aliphatic heterocycles. The summed E-state index contributed by atoms with van der Waals surface area (Å²) < 4.78 is 27.3. The Morgan fingerprint density at radius 3 is 2.44 bits per heavy atom. The number of nitrogens with zero attached hydrogens (tertiary/aromatic N) is 2. The zero-order chi connectivity index (χ0) is 12.0. The first kappa shape index (κ1) is 13.9. The van der Waals surface area contributed by atoms with Crippen molar-refractivity contribution in [3.8, 4) is 0 Å². The minimum absolute atomic E-state index is 0.583. The van der Waals surface area contributed by atoms with Crippen molar-refractivity contribution in [3.63, 3.8) is 0 Å². The molecular weight excluding hydrogens is 226 g/mol. The van der Waals surface area contributed by atoms with E-state index >= 15 is 0 Å². The molecule has 0 aromatic heterocycles. The predicted octanol–water partition coefficient (Wildman–Crippen LogP) is 0.258. The van der Waals surface area contributed by atoms with E-state index in [4.69, 9.17) is 0 Å². The highest BCUT2D eigenvalue weighted by molar-refractivity contribution is 7.86. The third kappa shape index (κ3) is 3.69. The number of rotatable bonds is 6. The Hall–Kier alpha value is -0.170. The summed E-state index contributed by atoms with van der Waals surface area (Å²) in [4.78, 5) is 0. The van der Waals surface area contributed by atoms with E-state index < -0.39 is 10.2 Å². The average Bonchev–Trinajstić information content (AvgIpc) is 2.30. The van der Waals surface area contributed by atoms with Crippen molar-refractivity contribution in [3.05, 3.63) is 0 Å². The molecule has 1 aliphatic rings. The van der Waals surface area contributed by atoms with Gasteiger partial charge in [-0.3, -0.25) is 0 Å². The lowest BCUT2D eigenvalue weighted by atomic mass is 10.2. The van der Waals surface area contributed by atoms with Crippen LogP contribution in [0.3, 0.4) is 0 Å². The van der Waals surface area contributed by atoms with Gasteiger partial charge in [0, 0.05) is 26.7 Å². The molecular formula is C10H23N3O2S. The summed E-state index contributed by atoms with van der Waals surface area (Å²) in [5, 5.41) is 3.02. The maximum absolute atomic E-state index is 12.1. The van der Waals surface area contributed by atoms with E-state index in [2.05, 4.69) is 5.32 Å². The molecule has 1 heterocycles. The Balaban J connectivity index is 2.47. The Morgan fingerprint density at radius 1 is 1.25 bits per heavy atom. The Morgan fingerprint density at radius 2 is 1.88 bits per heavy atom. The van der Waals surface area contributed by atoms with Crippen LogP contribution in [0.4, 0.5) is 0 Å². The largest absolute Gasteiger partial charge is 0.320 e. The van der Waals surface area contributed by atoms with E-state index in [1.54, 1.807) is 11.4 Å². The first-order chi connectivity index (χ1) is 7.59. The second-order valence-electron chi connectivity index (χ2n) is 4.25. The molecule has 0 saturated carbocycles. The summed E-state index contributed by atoms with van der Waals surface area (Å²) in [6, 6.07) is 0. The summed E-state index contributed by atoms with van der Waals surface area (Å²) in [5.74, 6) is 0. The molecule has 1 rings (SSSR count). The first-order valence-electron chi connectivity index (χ1n) is 5.95. The molecule has 5 nitrogen and oxygen atoms in total. The second kappa shape index (κ2) is 6.54. The van der Waals surface area contributed by atoms with Crippen LogP contribution < -0.4 is 5.32 Å². The quantitative estimate of drug-likeness (QED) is 0.687. The second-order valence-corrected chi connectivity index (χ2v) is 6.28. The zero-order valence-corrected chi connectivity index (χ0v) is 11.1. The summed E-state index contributed by atoms with van der Waals surface area (Å²) >= 11 is 0. The fourth-order valence-electron chi connectivity index (χ4n) is 1.89. The molecule has 1 saturated heterocycles. The van der Waals surface area contributed by atoms with Gasteiger partial charge in [-0.2, -0.15) is 17.0 Å². The summed E-state index contributed by atoms with van der Waals surface area (Å²) in [5.41, 5.74) is 0. The molecule has 0 bridgehead atoms. The van der Waals surface area contributed by atoms with E-state index in [1.807, 2.05) is 7.05 Å². The molecule has 1 fully saturated rings. The lowest BCUT2D eigenvalue weighted by molar-refractivity contribution is 0.314. The van der Waals surface area contributed by atoms with Crippen LogP contribution >= 0.6 is 0 Å². The van der Waals surface area contributed by atoms with Crippen molar-refractivity contribution in [1.82, 2.24) is 13.9 Å². The Labute approximate surface area is 99.0 Å². The van der Waals surface area contributed by atoms with Crippen LogP contribution in [0, 0.1) is 0 Å². The topological polar surface area (TPSA) is 52.7 Å². The summed E-state index contributed by atoms with van der Waals surface area (Å²) in [7, 11) is 0.337. The van der Waals surface area contributed by atoms with E-state index in [9.17, 15) is 8.42 Å². The van der Waals surface area contributed by atoms with E-state index in [1.165, 1.54) is 4.31 Å². The zero-order valence-electron chi connectivity index (χ0n) is 10.3. The highest BCUT2D eigenvalue weighted by atomic mass is 32.2. The molecule has 1 N–H and O–H groups in total. The number of nitrogens with one attached hydrogen (secondary N) is 1. The molecule has 0 aliphatic carbocycles. The smallest absolute Gasteiger partial charge is 0.281 e. The van der Waals surface area contributed by atoms with Gasteiger partial charge in [0.05, 0.1) is 0 Å². The average molecular weight is 249 g/mol. The third-order valence-corrected chi connectivity index (χ3v) is 4.92. The molecule has 0 atom stereocenters. The molecule has 6 heteroatoms. The molecule has 0 unspecified atom stereocenters. The molecule has 96 valence electrons. The minimum Gasteiger partial charge on any atom is -0.320 e. The van der Waals surface area contributed by atoms with Crippen LogP contribution in [0.5, 0.6) is 0 Å². The van der Waals surface area contributed by atoms with Crippen molar-refractivity contribution in [2.75, 3.05) is 40.3 Å². The third-order valence-electron chi connectivity index (χ3n) is 2.93. The van der Waals surface area contributed by atoms with Crippen LogP contribution in [-0.4, -0.2) is 57.3 Å². The highest BCUT2D eigenvalue weighted by Gasteiger charge is 2.27. The Kier molecular flexibility index (Phi) is 5.68. The highest BCUT2D eigenvalue weighted by Crippen LogP contribution is 2.15. The summed E-state index contributed by atoms with van der Waals surface area (Å²) in [6.07, 6.45) is 3.97. The van der Waals surface area contributed by atoms with E-state index in [-0.39, 0.29) is 0 Å². The van der Waals surface area contributed by atoms with Gasteiger partial charge in [0.15, 0.2) is 0 Å². The maximum Gasteiger partial charge on any atom is 0.281 e. The fraction of sp³-hybridized carbons (Fsp3) is 1.00. The molecule has 0 spiro atoms. The van der Waals surface area contributed by atoms with Gasteiger partial charge in [0.25, 0.3) is 10.2 Å². The van der Waals surface area contributed by atoms with Crippen molar-refractivity contribution >= 4 is 10.2 Å². The van der Waals surface area contributed by atoms with Crippen molar-refractivity contribution < 1.29 is 8.42 Å². The van der Waals surface area contributed by atoms with Crippen LogP contribution in [0.2, 0.25) is 0 Å². The van der Waals surface area contributed by atoms with Gasteiger partial charge >= 0.3 is 0 Å². The normalized spacial score (nSPS) is 19.2. The monoisotopic (exact) mass is 249 g/mol. The van der Waals surface area contributed by atoms with Crippen LogP contribution in [0.15, 0.2) is 0 Å². The maximum atomic E-state index is 12.1. The molecule has 0 amide bonds. The van der Waals surface area contributed by atoms with Gasteiger partial charge in [-0.25, -0.2) is 0 Å². The van der Waals surface area contributed by atoms with Gasteiger partial charge in [0.2, 0.25) is 0 Å². The van der Waals surface area contributed by atoms with Crippen molar-refractivity contribution in [2.45, 2.75) is 25.7 Å². The van der Waals surface area contributed by atoms with Gasteiger partial charge in [-0.1, -0.05) is 6.42 Å². The lowest BCUT2D eigenvalue weighted by Gasteiger charge is -2.30. The first-order valence-corrected chi connectivity index (χ1v) is 7.34. The van der Waals surface area contributed by atoms with Crippen molar-refractivity contribution in [2.24, 2.45) is 0 Å². The standard InChI is InChI=1S/C10H23N3O2S/c1-11-7-6-8-12(2)16(14,15)13-9-4-3-5-10-13/h11H,3-10H2,1-2H3. The molecule has 0 radical (unpaired) electrons. The van der Waals surface area contributed by atoms with E-state index in [0.717, 1.165) is 32.2 Å². The van der Waals surface area contributed by atoms with Crippen LogP contribution in [-0.2, 0) is 10.2 Å². The number of piperidine rings is 1. The molecule has 16 heavy (non-hydrogen) atoms. The van der Waals surface area contributed by atoms with Gasteiger partial charge in [0.1, 0.15) is 0 Å². The van der Waals surface area contributed by atoms with Gasteiger partial charge in [-0.05, 0) is 32.9 Å². The Bertz CT molecular complexity index is 286. The molecule has 0 aromatic rings. The molecule has 0 aromatic carbocycles. The van der Waals surface area contributed by atoms with Gasteiger partial charge < -0.3 is 5.32 Å². The van der Waals surface area contributed by atoms with Crippen LogP contribution in [0.25, 0.3) is 0 Å². The summed E-state index contributed by atoms with van der Waals surface area (Å²) in [6.45, 7) is 2.79. The SMILES string of the molecule is CNCCCN(C)S(=O)(=O)N1CCCCC1. The lowest BCUT2D eigenvalue weighted by Crippen LogP contribution is -2.44. The van der Waals surface area contributed by atoms with Crippen LogP contribution in [0.1, 0.15) is 25.7 Å². The minimum atomic E-state index is -3.20. The van der Waals surface area contributed by atoms with Crippen molar-refractivity contribution in [1.29, 1.82) is 0 Å². The number of hydrogen-bond donors (Lipinski definition) is 1. The number of hydrogen-bond acceptors (Lipinski definition) is 3. The van der Waals surface area contributed by atoms with Gasteiger partial charge in [-0.15, -0.1) is 0 Å². The van der Waals surface area contributed by atoms with E-state index in [0.29, 0.717) is 19.6 Å². The predicted molar refractivity (Wildman–Crippen MR) is 65.5 cm³/mol.